The van der Waals surface area contributed by atoms with Crippen molar-refractivity contribution < 1.29 is 4.79 Å². The maximum atomic E-state index is 12.6. The van der Waals surface area contributed by atoms with E-state index in [1.54, 1.807) is 4.68 Å². The van der Waals surface area contributed by atoms with Crippen LogP contribution in [0.25, 0.3) is 0 Å². The van der Waals surface area contributed by atoms with Crippen LogP contribution in [0.2, 0.25) is 0 Å². The number of aryl methyl sites for hydroxylation is 1. The molecular weight excluding hydrogens is 252 g/mol. The number of amides is 1. The Morgan fingerprint density at radius 1 is 1.50 bits per heavy atom. The van der Waals surface area contributed by atoms with Crippen molar-refractivity contribution in [3.63, 3.8) is 0 Å². The first-order valence-corrected chi connectivity index (χ1v) is 7.37. The molecule has 0 aromatic carbocycles. The zero-order valence-electron chi connectivity index (χ0n) is 13.3. The number of carbonyl (C=O) groups is 1. The van der Waals surface area contributed by atoms with E-state index in [4.69, 9.17) is 0 Å². The van der Waals surface area contributed by atoms with Crippen LogP contribution in [0.5, 0.6) is 0 Å². The fourth-order valence-electron chi connectivity index (χ4n) is 2.75. The van der Waals surface area contributed by atoms with Crippen molar-refractivity contribution in [1.82, 2.24) is 19.6 Å². The molecule has 2 heterocycles. The van der Waals surface area contributed by atoms with Crippen LogP contribution in [0.4, 0.5) is 0 Å². The van der Waals surface area contributed by atoms with Crippen LogP contribution < -0.4 is 0 Å². The van der Waals surface area contributed by atoms with Gasteiger partial charge < -0.3 is 9.80 Å². The predicted molar refractivity (Wildman–Crippen MR) is 79.7 cm³/mol. The molecule has 20 heavy (non-hydrogen) atoms. The molecule has 1 aliphatic heterocycles. The highest BCUT2D eigenvalue weighted by atomic mass is 16.2. The third-order valence-electron chi connectivity index (χ3n) is 3.95. The van der Waals surface area contributed by atoms with Crippen LogP contribution >= 0.6 is 0 Å². The third-order valence-corrected chi connectivity index (χ3v) is 3.95. The summed E-state index contributed by atoms with van der Waals surface area (Å²) in [7, 11) is 6.00. The summed E-state index contributed by atoms with van der Waals surface area (Å²) in [6, 6.07) is 2.42. The Hall–Kier alpha value is -1.36. The minimum Gasteiger partial charge on any atom is -0.336 e. The highest BCUT2D eigenvalue weighted by Crippen LogP contribution is 2.17. The topological polar surface area (TPSA) is 41.4 Å². The van der Waals surface area contributed by atoms with E-state index in [0.29, 0.717) is 17.7 Å². The molecule has 0 aliphatic carbocycles. The molecule has 0 bridgehead atoms. The number of carbonyl (C=O) groups excluding carboxylic acids is 1. The fraction of sp³-hybridized carbons (Fsp3) is 0.733. The maximum Gasteiger partial charge on any atom is 0.272 e. The molecule has 1 aliphatic rings. The molecule has 0 radical (unpaired) electrons. The van der Waals surface area contributed by atoms with Gasteiger partial charge in [-0.2, -0.15) is 5.10 Å². The molecule has 5 nitrogen and oxygen atoms in total. The second kappa shape index (κ2) is 5.95. The average molecular weight is 278 g/mol. The molecule has 0 N–H and O–H groups in total. The van der Waals surface area contributed by atoms with Crippen LogP contribution in [0.1, 0.15) is 36.5 Å². The minimum atomic E-state index is 0.111. The maximum absolute atomic E-state index is 12.6. The first kappa shape index (κ1) is 15.0. The number of likely N-dealkylation sites (N-methyl/N-ethyl adjacent to an activating group) is 1. The minimum absolute atomic E-state index is 0.111. The molecule has 1 aromatic heterocycles. The van der Waals surface area contributed by atoms with E-state index in [2.05, 4.69) is 37.9 Å². The van der Waals surface area contributed by atoms with Gasteiger partial charge in [0.15, 0.2) is 0 Å². The van der Waals surface area contributed by atoms with E-state index in [1.165, 1.54) is 0 Å². The number of hydrogen-bond donors (Lipinski definition) is 0. The molecule has 1 aromatic rings. The van der Waals surface area contributed by atoms with Gasteiger partial charge in [-0.15, -0.1) is 0 Å². The monoisotopic (exact) mass is 278 g/mol. The van der Waals surface area contributed by atoms with Crippen LogP contribution in [-0.2, 0) is 13.5 Å². The molecular formula is C15H26N4O. The second-order valence-corrected chi connectivity index (χ2v) is 6.40. The van der Waals surface area contributed by atoms with Gasteiger partial charge in [0.25, 0.3) is 5.91 Å². The van der Waals surface area contributed by atoms with Crippen molar-refractivity contribution in [3.8, 4) is 0 Å². The Balaban J connectivity index is 2.08. The van der Waals surface area contributed by atoms with Crippen molar-refractivity contribution in [2.24, 2.45) is 13.0 Å². The van der Waals surface area contributed by atoms with E-state index >= 15 is 0 Å². The van der Waals surface area contributed by atoms with Gasteiger partial charge >= 0.3 is 0 Å². The van der Waals surface area contributed by atoms with Crippen molar-refractivity contribution >= 4 is 5.91 Å². The van der Waals surface area contributed by atoms with Crippen LogP contribution in [0, 0.1) is 5.92 Å². The average Bonchev–Trinajstić information content (AvgIpc) is 2.94. The zero-order valence-corrected chi connectivity index (χ0v) is 13.3. The summed E-state index contributed by atoms with van der Waals surface area (Å²) in [5.41, 5.74) is 1.72. The molecule has 1 saturated heterocycles. The van der Waals surface area contributed by atoms with Crippen LogP contribution in [0.3, 0.4) is 0 Å². The van der Waals surface area contributed by atoms with Gasteiger partial charge in [0.05, 0.1) is 5.69 Å². The van der Waals surface area contributed by atoms with Gasteiger partial charge in [0.1, 0.15) is 5.69 Å². The molecule has 112 valence electrons. The van der Waals surface area contributed by atoms with Gasteiger partial charge in [-0.25, -0.2) is 0 Å². The van der Waals surface area contributed by atoms with Gasteiger partial charge in [-0.1, -0.05) is 13.8 Å². The van der Waals surface area contributed by atoms with E-state index in [-0.39, 0.29) is 5.91 Å². The Morgan fingerprint density at radius 3 is 2.75 bits per heavy atom. The summed E-state index contributed by atoms with van der Waals surface area (Å²) >= 11 is 0. The van der Waals surface area contributed by atoms with E-state index in [9.17, 15) is 4.79 Å². The Morgan fingerprint density at radius 2 is 2.20 bits per heavy atom. The van der Waals surface area contributed by atoms with Gasteiger partial charge in [0, 0.05) is 26.2 Å². The summed E-state index contributed by atoms with van der Waals surface area (Å²) in [4.78, 5) is 16.7. The molecule has 0 saturated carbocycles. The summed E-state index contributed by atoms with van der Waals surface area (Å²) in [5, 5.41) is 4.46. The molecule has 0 spiro atoms. The van der Waals surface area contributed by atoms with Crippen LogP contribution in [0.15, 0.2) is 6.07 Å². The summed E-state index contributed by atoms with van der Waals surface area (Å²) < 4.78 is 1.73. The zero-order chi connectivity index (χ0) is 14.9. The third kappa shape index (κ3) is 3.20. The summed E-state index contributed by atoms with van der Waals surface area (Å²) in [6.45, 7) is 5.99. The van der Waals surface area contributed by atoms with Gasteiger partial charge in [-0.05, 0) is 38.9 Å². The van der Waals surface area contributed by atoms with E-state index in [0.717, 1.165) is 31.6 Å². The second-order valence-electron chi connectivity index (χ2n) is 6.40. The molecule has 2 rings (SSSR count). The Kier molecular flexibility index (Phi) is 4.48. The highest BCUT2D eigenvalue weighted by Gasteiger charge is 2.29. The number of nitrogens with zero attached hydrogens (tertiary/aromatic N) is 4. The Labute approximate surface area is 121 Å². The first-order valence-electron chi connectivity index (χ1n) is 7.37. The quantitative estimate of drug-likeness (QED) is 0.836. The lowest BCUT2D eigenvalue weighted by Gasteiger charge is -2.20. The number of aromatic nitrogens is 2. The van der Waals surface area contributed by atoms with Gasteiger partial charge in [-0.3, -0.25) is 9.48 Å². The largest absolute Gasteiger partial charge is 0.336 e. The molecule has 5 heteroatoms. The van der Waals surface area contributed by atoms with E-state index < -0.39 is 0 Å². The number of likely N-dealkylation sites (tertiary alicyclic amines) is 1. The lowest BCUT2D eigenvalue weighted by Crippen LogP contribution is -2.35. The number of hydrogen-bond acceptors (Lipinski definition) is 3. The normalized spacial score (nSPS) is 19.4. The van der Waals surface area contributed by atoms with Crippen LogP contribution in [-0.4, -0.2) is 58.7 Å². The number of rotatable bonds is 4. The van der Waals surface area contributed by atoms with Crippen molar-refractivity contribution in [1.29, 1.82) is 0 Å². The first-order chi connectivity index (χ1) is 9.38. The summed E-state index contributed by atoms with van der Waals surface area (Å²) in [6.07, 6.45) is 1.97. The standard InChI is InChI=1S/C15H26N4O/c1-11(2)8-12-9-14(18(5)16-12)15(20)19-7-6-13(10-19)17(3)4/h9,11,13H,6-8,10H2,1-5H3/t13-/m1/s1. The van der Waals surface area contributed by atoms with Crippen molar-refractivity contribution in [2.45, 2.75) is 32.7 Å². The Bertz CT molecular complexity index is 478. The molecule has 0 unspecified atom stereocenters. The van der Waals surface area contributed by atoms with E-state index in [1.807, 2.05) is 18.0 Å². The van der Waals surface area contributed by atoms with Crippen molar-refractivity contribution in [3.05, 3.63) is 17.5 Å². The predicted octanol–water partition coefficient (Wildman–Crippen LogP) is 1.39. The smallest absolute Gasteiger partial charge is 0.272 e. The SMILES string of the molecule is CC(C)Cc1cc(C(=O)N2CC[C@@H](N(C)C)C2)n(C)n1. The fourth-order valence-corrected chi connectivity index (χ4v) is 2.75. The lowest BCUT2D eigenvalue weighted by atomic mass is 10.1. The highest BCUT2D eigenvalue weighted by molar-refractivity contribution is 5.93. The van der Waals surface area contributed by atoms with Crippen molar-refractivity contribution in [2.75, 3.05) is 27.2 Å². The lowest BCUT2D eigenvalue weighted by molar-refractivity contribution is 0.0772. The summed E-state index contributed by atoms with van der Waals surface area (Å²) in [5.74, 6) is 0.664. The van der Waals surface area contributed by atoms with Gasteiger partial charge in [0.2, 0.25) is 0 Å². The molecule has 1 atom stereocenters. The molecule has 1 fully saturated rings. The molecule has 1 amide bonds.